The van der Waals surface area contributed by atoms with E-state index in [1.165, 1.54) is 43.5 Å². The maximum Gasteiger partial charge on any atom is 0.416 e. The highest BCUT2D eigenvalue weighted by Crippen LogP contribution is 2.41. The van der Waals surface area contributed by atoms with Gasteiger partial charge in [0.25, 0.3) is 11.6 Å². The molecule has 0 saturated carbocycles. The lowest BCUT2D eigenvalue weighted by molar-refractivity contribution is -0.394. The number of carbonyl (C=O) groups is 1. The number of thiocarbonyl (C=S) groups is 1. The molecule has 0 N–H and O–H groups in total. The minimum absolute atomic E-state index is 0.0262. The number of alkyl halides is 3. The summed E-state index contributed by atoms with van der Waals surface area (Å²) in [6.45, 7) is 0. The van der Waals surface area contributed by atoms with Crippen LogP contribution in [0.4, 0.5) is 30.2 Å². The normalized spacial score (nSPS) is 14.6. The van der Waals surface area contributed by atoms with E-state index in [0.717, 1.165) is 47.0 Å². The number of hydrogen-bond acceptors (Lipinski definition) is 9. The van der Waals surface area contributed by atoms with Gasteiger partial charge in [0.2, 0.25) is 5.75 Å². The van der Waals surface area contributed by atoms with Crippen molar-refractivity contribution in [2.75, 3.05) is 12.0 Å². The van der Waals surface area contributed by atoms with E-state index in [2.05, 4.69) is 0 Å². The summed E-state index contributed by atoms with van der Waals surface area (Å²) in [6, 6.07) is 11.5. The Kier molecular flexibility index (Phi) is 7.56. The average molecular weight is 578 g/mol. The number of non-ortho nitro benzene ring substituents is 1. The molecule has 1 saturated heterocycles. The third-order valence-corrected chi connectivity index (χ3v) is 6.58. The largest absolute Gasteiger partial charge is 0.493 e. The fourth-order valence-corrected chi connectivity index (χ4v) is 4.79. The van der Waals surface area contributed by atoms with Crippen molar-refractivity contribution in [1.29, 1.82) is 0 Å². The number of benzene rings is 3. The molecule has 0 unspecified atom stereocenters. The predicted molar refractivity (Wildman–Crippen MR) is 140 cm³/mol. The smallest absolute Gasteiger partial charge is 0.416 e. The summed E-state index contributed by atoms with van der Waals surface area (Å²) in [6.07, 6.45) is -3.14. The van der Waals surface area contributed by atoms with Gasteiger partial charge in [-0.05, 0) is 48.0 Å². The van der Waals surface area contributed by atoms with Crippen LogP contribution in [0.5, 0.6) is 17.2 Å². The number of halogens is 3. The van der Waals surface area contributed by atoms with Gasteiger partial charge >= 0.3 is 11.9 Å². The molecule has 1 heterocycles. The molecule has 0 aromatic heterocycles. The van der Waals surface area contributed by atoms with E-state index in [1.54, 1.807) is 0 Å². The van der Waals surface area contributed by atoms with Crippen LogP contribution < -0.4 is 14.4 Å². The lowest BCUT2D eigenvalue weighted by Crippen LogP contribution is -2.27. The van der Waals surface area contributed by atoms with Crippen molar-refractivity contribution in [3.63, 3.8) is 0 Å². The van der Waals surface area contributed by atoms with Gasteiger partial charge in [0.15, 0.2) is 15.8 Å². The molecule has 0 atom stereocenters. The maximum atomic E-state index is 13.1. The summed E-state index contributed by atoms with van der Waals surface area (Å²) in [5, 5.41) is 22.4. The summed E-state index contributed by atoms with van der Waals surface area (Å²) in [5.74, 6) is -0.725. The molecule has 1 fully saturated rings. The van der Waals surface area contributed by atoms with E-state index in [-0.39, 0.29) is 32.2 Å². The van der Waals surface area contributed by atoms with Crippen LogP contribution in [0, 0.1) is 20.2 Å². The summed E-state index contributed by atoms with van der Waals surface area (Å²) < 4.78 is 50.3. The van der Waals surface area contributed by atoms with Crippen molar-refractivity contribution in [3.05, 3.63) is 96.9 Å². The van der Waals surface area contributed by atoms with Gasteiger partial charge < -0.3 is 9.47 Å². The van der Waals surface area contributed by atoms with Gasteiger partial charge in [-0.15, -0.1) is 0 Å². The number of anilines is 1. The molecule has 1 aliphatic heterocycles. The number of nitrogens with zero attached hydrogens (tertiary/aromatic N) is 3. The molecule has 1 amide bonds. The summed E-state index contributed by atoms with van der Waals surface area (Å²) in [7, 11) is 1.31. The Morgan fingerprint density at radius 1 is 0.974 bits per heavy atom. The number of thioether (sulfide) groups is 1. The highest BCUT2D eigenvalue weighted by atomic mass is 32.2. The fourth-order valence-electron chi connectivity index (χ4n) is 3.49. The highest BCUT2D eigenvalue weighted by Gasteiger charge is 2.36. The van der Waals surface area contributed by atoms with Crippen molar-refractivity contribution in [2.45, 2.75) is 6.18 Å². The fraction of sp³-hybridized carbons (Fsp3) is 0.0833. The van der Waals surface area contributed by atoms with E-state index in [9.17, 15) is 38.2 Å². The van der Waals surface area contributed by atoms with Gasteiger partial charge in [-0.2, -0.15) is 13.2 Å². The van der Waals surface area contributed by atoms with Crippen LogP contribution in [0.15, 0.2) is 65.6 Å². The molecule has 0 aliphatic carbocycles. The molecule has 3 aromatic rings. The van der Waals surface area contributed by atoms with Crippen molar-refractivity contribution in [3.8, 4) is 17.2 Å². The van der Waals surface area contributed by atoms with Crippen LogP contribution in [0.1, 0.15) is 11.1 Å². The van der Waals surface area contributed by atoms with E-state index in [0.29, 0.717) is 5.56 Å². The summed E-state index contributed by atoms with van der Waals surface area (Å²) >= 11 is 6.13. The van der Waals surface area contributed by atoms with Crippen molar-refractivity contribution in [2.24, 2.45) is 0 Å². The second-order valence-electron chi connectivity index (χ2n) is 7.74. The monoisotopic (exact) mass is 577 g/mol. The van der Waals surface area contributed by atoms with Crippen molar-refractivity contribution in [1.82, 2.24) is 0 Å². The first-order valence-electron chi connectivity index (χ1n) is 10.6. The second-order valence-corrected chi connectivity index (χ2v) is 9.42. The SMILES string of the molecule is COc1cc(/C=C2\SC(=S)N(c3cccc(C(F)(F)F)c3)C2=O)ccc1Oc1ccc([N+](=O)[O-])cc1[N+](=O)[O-]. The predicted octanol–water partition coefficient (Wildman–Crippen LogP) is 6.73. The Hall–Kier alpha value is -4.50. The Morgan fingerprint density at radius 3 is 2.33 bits per heavy atom. The van der Waals surface area contributed by atoms with Gasteiger partial charge in [-0.25, -0.2) is 0 Å². The van der Waals surface area contributed by atoms with Crippen LogP contribution in [0.3, 0.4) is 0 Å². The van der Waals surface area contributed by atoms with Gasteiger partial charge in [-0.3, -0.25) is 29.9 Å². The first-order valence-corrected chi connectivity index (χ1v) is 11.9. The first-order chi connectivity index (χ1) is 18.4. The molecule has 0 radical (unpaired) electrons. The van der Waals surface area contributed by atoms with Crippen LogP contribution >= 0.6 is 24.0 Å². The number of nitro groups is 2. The van der Waals surface area contributed by atoms with Crippen LogP contribution in [-0.2, 0) is 11.0 Å². The third-order valence-electron chi connectivity index (χ3n) is 5.28. The molecule has 15 heteroatoms. The molecule has 4 rings (SSSR count). The van der Waals surface area contributed by atoms with Gasteiger partial charge in [0.05, 0.1) is 39.2 Å². The molecule has 0 bridgehead atoms. The summed E-state index contributed by atoms with van der Waals surface area (Å²) in [5.41, 5.74) is -1.64. The minimum Gasteiger partial charge on any atom is -0.493 e. The number of methoxy groups -OCH3 is 1. The Morgan fingerprint density at radius 2 is 1.69 bits per heavy atom. The van der Waals surface area contributed by atoms with E-state index in [1.807, 2.05) is 0 Å². The maximum absolute atomic E-state index is 13.1. The minimum atomic E-state index is -4.60. The Bertz CT molecular complexity index is 1560. The molecule has 0 spiro atoms. The van der Waals surface area contributed by atoms with E-state index >= 15 is 0 Å². The molecule has 1 aliphatic rings. The van der Waals surface area contributed by atoms with Crippen LogP contribution in [0.2, 0.25) is 0 Å². The zero-order chi connectivity index (χ0) is 28.5. The molecule has 3 aromatic carbocycles. The third kappa shape index (κ3) is 5.83. The van der Waals surface area contributed by atoms with Gasteiger partial charge in [0.1, 0.15) is 0 Å². The molecule has 39 heavy (non-hydrogen) atoms. The Balaban J connectivity index is 1.62. The number of rotatable bonds is 7. The highest BCUT2D eigenvalue weighted by molar-refractivity contribution is 8.27. The first kappa shape index (κ1) is 27.5. The standard InChI is InChI=1S/C24H14F3N3O7S2/c1-36-20-9-13(5-7-19(20)37-18-8-6-16(29(32)33)12-17(18)30(34)35)10-21-22(31)28(23(38)39-21)15-4-2-3-14(11-15)24(25,26)27/h2-12H,1H3/b21-10-. The van der Waals surface area contributed by atoms with E-state index in [4.69, 9.17) is 21.7 Å². The lowest BCUT2D eigenvalue weighted by atomic mass is 10.1. The lowest BCUT2D eigenvalue weighted by Gasteiger charge is -2.16. The van der Waals surface area contributed by atoms with Gasteiger partial charge in [0, 0.05) is 6.07 Å². The molecular weight excluding hydrogens is 563 g/mol. The Labute approximate surface area is 226 Å². The average Bonchev–Trinajstić information content (AvgIpc) is 3.16. The molecular formula is C24H14F3N3O7S2. The number of amides is 1. The number of nitro benzene ring substituents is 2. The van der Waals surface area contributed by atoms with E-state index < -0.39 is 38.9 Å². The summed E-state index contributed by atoms with van der Waals surface area (Å²) in [4.78, 5) is 34.9. The van der Waals surface area contributed by atoms with Crippen LogP contribution in [0.25, 0.3) is 6.08 Å². The number of carbonyl (C=O) groups excluding carboxylic acids is 1. The second kappa shape index (κ2) is 10.7. The zero-order valence-electron chi connectivity index (χ0n) is 19.5. The van der Waals surface area contributed by atoms with Gasteiger partial charge in [-0.1, -0.05) is 36.1 Å². The topological polar surface area (TPSA) is 125 Å². The zero-order valence-corrected chi connectivity index (χ0v) is 21.1. The number of ether oxygens (including phenoxy) is 2. The van der Waals surface area contributed by atoms with Crippen molar-refractivity contribution < 1.29 is 37.3 Å². The molecule has 200 valence electrons. The quantitative estimate of drug-likeness (QED) is 0.130. The van der Waals surface area contributed by atoms with Crippen LogP contribution in [-0.4, -0.2) is 27.2 Å². The van der Waals surface area contributed by atoms with Crippen molar-refractivity contribution >= 4 is 57.3 Å². The number of hydrogen-bond donors (Lipinski definition) is 0. The molecule has 10 nitrogen and oxygen atoms in total.